The van der Waals surface area contributed by atoms with Gasteiger partial charge < -0.3 is 10.5 Å². The number of halogens is 1. The van der Waals surface area contributed by atoms with E-state index in [1.54, 1.807) is 13.2 Å². The van der Waals surface area contributed by atoms with Gasteiger partial charge in [0, 0.05) is 13.7 Å². The Morgan fingerprint density at radius 3 is 2.77 bits per heavy atom. The molecule has 0 aliphatic heterocycles. The van der Waals surface area contributed by atoms with Crippen molar-refractivity contribution in [3.05, 3.63) is 35.1 Å². The highest BCUT2D eigenvalue weighted by molar-refractivity contribution is 5.28. The Morgan fingerprint density at radius 2 is 2.23 bits per heavy atom. The van der Waals surface area contributed by atoms with Gasteiger partial charge in [0.05, 0.1) is 6.10 Å². The second-order valence-electron chi connectivity index (χ2n) is 2.96. The smallest absolute Gasteiger partial charge is 0.123 e. The summed E-state index contributed by atoms with van der Waals surface area (Å²) in [6.45, 7) is 2.28. The van der Waals surface area contributed by atoms with Crippen LogP contribution in [0.4, 0.5) is 4.39 Å². The largest absolute Gasteiger partial charge is 0.375 e. The van der Waals surface area contributed by atoms with Crippen molar-refractivity contribution >= 4 is 0 Å². The van der Waals surface area contributed by atoms with Crippen molar-refractivity contribution in [2.24, 2.45) is 5.73 Å². The second-order valence-corrected chi connectivity index (χ2v) is 2.96. The average Bonchev–Trinajstić information content (AvgIpc) is 2.13. The van der Waals surface area contributed by atoms with E-state index in [4.69, 9.17) is 10.5 Å². The molecular weight excluding hydrogens is 169 g/mol. The van der Waals surface area contributed by atoms with Crippen molar-refractivity contribution in [1.29, 1.82) is 0 Å². The van der Waals surface area contributed by atoms with E-state index in [1.165, 1.54) is 12.1 Å². The van der Waals surface area contributed by atoms with Crippen molar-refractivity contribution in [2.75, 3.05) is 13.7 Å². The van der Waals surface area contributed by atoms with E-state index < -0.39 is 0 Å². The molecule has 0 radical (unpaired) electrons. The SMILES string of the molecule is COC(CN)c1cc(F)ccc1C. The number of aryl methyl sites for hydroxylation is 1. The third kappa shape index (κ3) is 2.26. The van der Waals surface area contributed by atoms with Crippen LogP contribution in [-0.4, -0.2) is 13.7 Å². The zero-order chi connectivity index (χ0) is 9.84. The summed E-state index contributed by atoms with van der Waals surface area (Å²) in [5, 5.41) is 0. The summed E-state index contributed by atoms with van der Waals surface area (Å²) in [6, 6.07) is 4.63. The van der Waals surface area contributed by atoms with Crippen LogP contribution in [0.1, 0.15) is 17.2 Å². The normalized spacial score (nSPS) is 12.9. The Labute approximate surface area is 77.5 Å². The monoisotopic (exact) mass is 183 g/mol. The highest BCUT2D eigenvalue weighted by atomic mass is 19.1. The maximum Gasteiger partial charge on any atom is 0.123 e. The van der Waals surface area contributed by atoms with Crippen molar-refractivity contribution in [3.8, 4) is 0 Å². The van der Waals surface area contributed by atoms with Gasteiger partial charge in [0.25, 0.3) is 0 Å². The first-order valence-corrected chi connectivity index (χ1v) is 4.18. The van der Waals surface area contributed by atoms with Gasteiger partial charge in [-0.3, -0.25) is 0 Å². The van der Waals surface area contributed by atoms with Crippen LogP contribution >= 0.6 is 0 Å². The molecule has 1 rings (SSSR count). The van der Waals surface area contributed by atoms with E-state index in [0.29, 0.717) is 6.54 Å². The lowest BCUT2D eigenvalue weighted by Crippen LogP contribution is -2.15. The average molecular weight is 183 g/mol. The first-order valence-electron chi connectivity index (χ1n) is 4.18. The van der Waals surface area contributed by atoms with Crippen molar-refractivity contribution < 1.29 is 9.13 Å². The summed E-state index contributed by atoms with van der Waals surface area (Å²) in [7, 11) is 1.57. The summed E-state index contributed by atoms with van der Waals surface area (Å²) < 4.78 is 18.0. The van der Waals surface area contributed by atoms with Crippen LogP contribution < -0.4 is 5.73 Å². The third-order valence-electron chi connectivity index (χ3n) is 2.09. The Balaban J connectivity index is 3.03. The lowest BCUT2D eigenvalue weighted by Gasteiger charge is -2.15. The van der Waals surface area contributed by atoms with Gasteiger partial charge in [-0.2, -0.15) is 0 Å². The molecule has 1 aromatic rings. The summed E-state index contributed by atoms with van der Waals surface area (Å²) in [5.74, 6) is -0.254. The molecule has 0 heterocycles. The molecule has 0 aliphatic rings. The molecule has 2 nitrogen and oxygen atoms in total. The predicted molar refractivity (Wildman–Crippen MR) is 49.9 cm³/mol. The minimum Gasteiger partial charge on any atom is -0.375 e. The molecule has 0 aliphatic carbocycles. The molecule has 1 aromatic carbocycles. The number of nitrogens with two attached hydrogens (primary N) is 1. The van der Waals surface area contributed by atoms with E-state index >= 15 is 0 Å². The highest BCUT2D eigenvalue weighted by Gasteiger charge is 2.11. The van der Waals surface area contributed by atoms with E-state index in [-0.39, 0.29) is 11.9 Å². The standard InChI is InChI=1S/C10H14FNO/c1-7-3-4-8(11)5-9(7)10(6-12)13-2/h3-5,10H,6,12H2,1-2H3. The predicted octanol–water partition coefficient (Wildman–Crippen LogP) is 1.78. The topological polar surface area (TPSA) is 35.2 Å². The minimum atomic E-state index is -0.254. The van der Waals surface area contributed by atoms with Crippen molar-refractivity contribution in [3.63, 3.8) is 0 Å². The molecular formula is C10H14FNO. The Hall–Kier alpha value is -0.930. The Bertz CT molecular complexity index is 284. The first kappa shape index (κ1) is 10.2. The number of benzene rings is 1. The molecule has 2 N–H and O–H groups in total. The van der Waals surface area contributed by atoms with E-state index in [0.717, 1.165) is 11.1 Å². The number of hydrogen-bond donors (Lipinski definition) is 1. The molecule has 3 heteroatoms. The molecule has 0 amide bonds. The van der Waals surface area contributed by atoms with E-state index in [1.807, 2.05) is 6.92 Å². The summed E-state index contributed by atoms with van der Waals surface area (Å²) in [5.41, 5.74) is 7.31. The second kappa shape index (κ2) is 4.35. The number of ether oxygens (including phenoxy) is 1. The van der Waals surface area contributed by atoms with Gasteiger partial charge in [0.15, 0.2) is 0 Å². The highest BCUT2D eigenvalue weighted by Crippen LogP contribution is 2.20. The number of rotatable bonds is 3. The molecule has 0 spiro atoms. The van der Waals surface area contributed by atoms with Gasteiger partial charge in [-0.1, -0.05) is 6.07 Å². The van der Waals surface area contributed by atoms with Crippen molar-refractivity contribution in [1.82, 2.24) is 0 Å². The van der Waals surface area contributed by atoms with Crippen LogP contribution in [0.3, 0.4) is 0 Å². The first-order chi connectivity index (χ1) is 6.19. The van der Waals surface area contributed by atoms with Crippen LogP contribution in [0.2, 0.25) is 0 Å². The van der Waals surface area contributed by atoms with E-state index in [2.05, 4.69) is 0 Å². The van der Waals surface area contributed by atoms with Gasteiger partial charge in [0.1, 0.15) is 5.82 Å². The van der Waals surface area contributed by atoms with E-state index in [9.17, 15) is 4.39 Å². The zero-order valence-electron chi connectivity index (χ0n) is 7.88. The minimum absolute atomic E-state index is 0.212. The van der Waals surface area contributed by atoms with Gasteiger partial charge >= 0.3 is 0 Å². The zero-order valence-corrected chi connectivity index (χ0v) is 7.88. The summed E-state index contributed by atoms with van der Waals surface area (Å²) in [6.07, 6.45) is -0.212. The summed E-state index contributed by atoms with van der Waals surface area (Å²) >= 11 is 0. The lowest BCUT2D eigenvalue weighted by atomic mass is 10.0. The Morgan fingerprint density at radius 1 is 1.54 bits per heavy atom. The van der Waals surface area contributed by atoms with Crippen LogP contribution in [0.15, 0.2) is 18.2 Å². The maximum atomic E-state index is 12.9. The van der Waals surface area contributed by atoms with Gasteiger partial charge in [-0.15, -0.1) is 0 Å². The van der Waals surface area contributed by atoms with Gasteiger partial charge in [-0.05, 0) is 30.2 Å². The fraction of sp³-hybridized carbons (Fsp3) is 0.400. The Kier molecular flexibility index (Phi) is 3.39. The molecule has 0 bridgehead atoms. The molecule has 0 aromatic heterocycles. The summed E-state index contributed by atoms with van der Waals surface area (Å²) in [4.78, 5) is 0. The fourth-order valence-corrected chi connectivity index (χ4v) is 1.31. The quantitative estimate of drug-likeness (QED) is 0.775. The molecule has 72 valence electrons. The third-order valence-corrected chi connectivity index (χ3v) is 2.09. The van der Waals surface area contributed by atoms with Crippen LogP contribution in [0.25, 0.3) is 0 Å². The molecule has 13 heavy (non-hydrogen) atoms. The molecule has 1 unspecified atom stereocenters. The lowest BCUT2D eigenvalue weighted by molar-refractivity contribution is 0.110. The number of hydrogen-bond acceptors (Lipinski definition) is 2. The maximum absolute atomic E-state index is 12.9. The molecule has 1 atom stereocenters. The molecule has 0 saturated heterocycles. The van der Waals surface area contributed by atoms with Crippen LogP contribution in [0, 0.1) is 12.7 Å². The van der Waals surface area contributed by atoms with Crippen LogP contribution in [-0.2, 0) is 4.74 Å². The number of methoxy groups -OCH3 is 1. The van der Waals surface area contributed by atoms with Crippen LogP contribution in [0.5, 0.6) is 0 Å². The van der Waals surface area contributed by atoms with Gasteiger partial charge in [-0.25, -0.2) is 4.39 Å². The fourth-order valence-electron chi connectivity index (χ4n) is 1.31. The van der Waals surface area contributed by atoms with Gasteiger partial charge in [0.2, 0.25) is 0 Å². The van der Waals surface area contributed by atoms with Crippen molar-refractivity contribution in [2.45, 2.75) is 13.0 Å². The molecule has 0 fully saturated rings. The molecule has 0 saturated carbocycles.